The number of ether oxygens (including phenoxy) is 1. The third kappa shape index (κ3) is 5.64. The van der Waals surface area contributed by atoms with E-state index in [2.05, 4.69) is 15.6 Å². The Morgan fingerprint density at radius 1 is 1.02 bits per heavy atom. The van der Waals surface area contributed by atoms with Crippen LogP contribution in [0.2, 0.25) is 0 Å². The van der Waals surface area contributed by atoms with Gasteiger partial charge in [-0.15, -0.1) is 0 Å². The van der Waals surface area contributed by atoms with Crippen LogP contribution in [0.5, 0.6) is 5.88 Å². The van der Waals surface area contributed by atoms with Crippen LogP contribution < -0.4 is 21.1 Å². The molecule has 6 rings (SSSR count). The van der Waals surface area contributed by atoms with Crippen LogP contribution in [0, 0.1) is 17.3 Å². The van der Waals surface area contributed by atoms with Gasteiger partial charge in [0.05, 0.1) is 0 Å². The Hall–Kier alpha value is -3.95. The molecule has 1 aromatic carbocycles. The molecule has 1 aliphatic heterocycles. The fourth-order valence-corrected chi connectivity index (χ4v) is 7.25. The number of rotatable bonds is 9. The first-order valence-corrected chi connectivity index (χ1v) is 14.7. The van der Waals surface area contributed by atoms with Crippen LogP contribution >= 0.6 is 0 Å². The Morgan fingerprint density at radius 2 is 1.76 bits per heavy atom. The maximum absolute atomic E-state index is 13.2. The number of benzene rings is 1. The molecule has 2 heterocycles. The fraction of sp³-hybridized carbons (Fsp3) is 0.516. The molecule has 0 radical (unpaired) electrons. The van der Waals surface area contributed by atoms with Crippen molar-refractivity contribution in [3.05, 3.63) is 59.8 Å². The molecule has 4 fully saturated rings. The molecule has 0 bridgehead atoms. The lowest BCUT2D eigenvalue weighted by molar-refractivity contribution is -0.141. The highest BCUT2D eigenvalue weighted by Gasteiger charge is 2.58. The fourth-order valence-electron chi connectivity index (χ4n) is 7.25. The van der Waals surface area contributed by atoms with Crippen molar-refractivity contribution in [2.24, 2.45) is 23.0 Å². The molecule has 1 saturated heterocycles. The van der Waals surface area contributed by atoms with E-state index in [-0.39, 0.29) is 52.8 Å². The predicted octanol–water partition coefficient (Wildman–Crippen LogP) is 3.30. The molecule has 5 amide bonds. The molecule has 1 aromatic heterocycles. The highest BCUT2D eigenvalue weighted by Crippen LogP contribution is 2.58. The minimum atomic E-state index is -0.573. The zero-order chi connectivity index (χ0) is 28.6. The molecule has 2 aromatic rings. The lowest BCUT2D eigenvalue weighted by Crippen LogP contribution is -2.60. The molecule has 10 heteroatoms. The number of nitrogens with one attached hydrogen (secondary N) is 2. The zero-order valence-electron chi connectivity index (χ0n) is 23.1. The number of nitrogens with zero attached hydrogens (tertiary/aromatic N) is 2. The van der Waals surface area contributed by atoms with E-state index in [1.54, 1.807) is 18.3 Å². The molecule has 3 saturated carbocycles. The lowest BCUT2D eigenvalue weighted by Gasteiger charge is -2.58. The maximum Gasteiger partial charge on any atom is 0.325 e. The first-order chi connectivity index (χ1) is 19.8. The van der Waals surface area contributed by atoms with Gasteiger partial charge in [0.15, 0.2) is 0 Å². The van der Waals surface area contributed by atoms with Gasteiger partial charge in [-0.25, -0.2) is 9.78 Å². The third-order valence-corrected chi connectivity index (χ3v) is 9.49. The van der Waals surface area contributed by atoms with E-state index in [9.17, 15) is 19.2 Å². The van der Waals surface area contributed by atoms with Crippen molar-refractivity contribution in [1.29, 1.82) is 0 Å². The number of pyridine rings is 1. The number of carbonyl (C=O) groups excluding carboxylic acids is 4. The Balaban J connectivity index is 0.931. The number of nitrogens with two attached hydrogens (primary N) is 1. The summed E-state index contributed by atoms with van der Waals surface area (Å²) in [5.74, 6) is -0.0203. The van der Waals surface area contributed by atoms with Crippen molar-refractivity contribution in [2.45, 2.75) is 82.5 Å². The summed E-state index contributed by atoms with van der Waals surface area (Å²) >= 11 is 0. The highest BCUT2D eigenvalue weighted by molar-refractivity contribution is 6.04. The lowest BCUT2D eigenvalue weighted by atomic mass is 9.52. The van der Waals surface area contributed by atoms with Crippen molar-refractivity contribution in [2.75, 3.05) is 0 Å². The highest BCUT2D eigenvalue weighted by atomic mass is 16.5. The number of urea groups is 1. The van der Waals surface area contributed by atoms with Gasteiger partial charge < -0.3 is 21.1 Å². The molecule has 216 valence electrons. The predicted molar refractivity (Wildman–Crippen MR) is 149 cm³/mol. The van der Waals surface area contributed by atoms with E-state index < -0.39 is 11.9 Å². The first kappa shape index (κ1) is 27.2. The minimum Gasteiger partial charge on any atom is -0.474 e. The summed E-state index contributed by atoms with van der Waals surface area (Å²) in [6.07, 6.45) is 8.64. The number of hydrogen-bond acceptors (Lipinski definition) is 6. The van der Waals surface area contributed by atoms with Crippen LogP contribution in [-0.2, 0) is 16.1 Å². The molecule has 1 spiro atoms. The van der Waals surface area contributed by atoms with Crippen molar-refractivity contribution < 1.29 is 23.9 Å². The standard InChI is InChI=1S/C31H37N5O5/c32-26(37)24-7-4-12-33-28(24)41-23-16-31(17-23)14-22(15-31)36-29(39)25(35-30(36)40)13-19-8-10-21(11-9-19)27(38)34-18-20-5-2-1-3-6-20/h1-7,12,19,21-23,25H,8-11,13-18H2,(H2,32,37)(H,34,38)(H,35,40). The Bertz CT molecular complexity index is 1310. The average molecular weight is 560 g/mol. The van der Waals surface area contributed by atoms with E-state index in [4.69, 9.17) is 10.5 Å². The number of primary amides is 1. The van der Waals surface area contributed by atoms with Gasteiger partial charge in [-0.05, 0) is 86.8 Å². The van der Waals surface area contributed by atoms with E-state index in [1.807, 2.05) is 30.3 Å². The summed E-state index contributed by atoms with van der Waals surface area (Å²) in [5, 5.41) is 5.98. The smallest absolute Gasteiger partial charge is 0.325 e. The van der Waals surface area contributed by atoms with Crippen molar-refractivity contribution >= 4 is 23.8 Å². The normalized spacial score (nSPS) is 30.7. The SMILES string of the molecule is NC(=O)c1cccnc1OC1CC2(C1)CC(N1C(=O)NC(CC3CCC(C(=O)NCc4ccccc4)CC3)C1=O)C2. The maximum atomic E-state index is 13.2. The summed E-state index contributed by atoms with van der Waals surface area (Å²) in [6, 6.07) is 12.3. The quantitative estimate of drug-likeness (QED) is 0.402. The van der Waals surface area contributed by atoms with Crippen LogP contribution in [-0.4, -0.2) is 51.8 Å². The molecule has 1 atom stereocenters. The summed E-state index contributed by atoms with van der Waals surface area (Å²) in [5.41, 5.74) is 6.84. The second-order valence-electron chi connectivity index (χ2n) is 12.3. The molecular formula is C31H37N5O5. The van der Waals surface area contributed by atoms with Gasteiger partial charge >= 0.3 is 6.03 Å². The van der Waals surface area contributed by atoms with Gasteiger partial charge in [0.2, 0.25) is 11.8 Å². The molecule has 1 unspecified atom stereocenters. The number of amides is 5. The van der Waals surface area contributed by atoms with Gasteiger partial charge in [-0.1, -0.05) is 30.3 Å². The van der Waals surface area contributed by atoms with E-state index in [1.165, 1.54) is 4.90 Å². The van der Waals surface area contributed by atoms with Gasteiger partial charge in [0, 0.05) is 24.7 Å². The van der Waals surface area contributed by atoms with E-state index in [0.29, 0.717) is 18.9 Å². The molecule has 4 aliphatic rings. The monoisotopic (exact) mass is 559 g/mol. The number of imide groups is 1. The van der Waals surface area contributed by atoms with Crippen LogP contribution in [0.4, 0.5) is 4.79 Å². The summed E-state index contributed by atoms with van der Waals surface area (Å²) < 4.78 is 5.94. The summed E-state index contributed by atoms with van der Waals surface area (Å²) in [4.78, 5) is 55.9. The van der Waals surface area contributed by atoms with Crippen LogP contribution in [0.25, 0.3) is 0 Å². The Morgan fingerprint density at radius 3 is 2.46 bits per heavy atom. The minimum absolute atomic E-state index is 0.00170. The van der Waals surface area contributed by atoms with E-state index in [0.717, 1.165) is 56.9 Å². The van der Waals surface area contributed by atoms with Crippen LogP contribution in [0.3, 0.4) is 0 Å². The molecular weight excluding hydrogens is 522 g/mol. The third-order valence-electron chi connectivity index (χ3n) is 9.49. The summed E-state index contributed by atoms with van der Waals surface area (Å²) in [6.45, 7) is 0.536. The van der Waals surface area contributed by atoms with Gasteiger partial charge in [-0.3, -0.25) is 19.3 Å². The van der Waals surface area contributed by atoms with Gasteiger partial charge in [0.1, 0.15) is 17.7 Å². The number of aromatic nitrogens is 1. The molecule has 4 N–H and O–H groups in total. The largest absolute Gasteiger partial charge is 0.474 e. The molecule has 41 heavy (non-hydrogen) atoms. The number of hydrogen-bond donors (Lipinski definition) is 3. The Labute approximate surface area is 239 Å². The van der Waals surface area contributed by atoms with E-state index >= 15 is 0 Å². The van der Waals surface area contributed by atoms with Crippen molar-refractivity contribution in [3.63, 3.8) is 0 Å². The summed E-state index contributed by atoms with van der Waals surface area (Å²) in [7, 11) is 0. The molecule has 3 aliphatic carbocycles. The second kappa shape index (κ2) is 11.1. The van der Waals surface area contributed by atoms with Gasteiger partial charge in [-0.2, -0.15) is 0 Å². The van der Waals surface area contributed by atoms with Crippen molar-refractivity contribution in [3.8, 4) is 5.88 Å². The second-order valence-corrected chi connectivity index (χ2v) is 12.3. The van der Waals surface area contributed by atoms with Crippen LogP contribution in [0.15, 0.2) is 48.7 Å². The van der Waals surface area contributed by atoms with Gasteiger partial charge in [0.25, 0.3) is 11.8 Å². The van der Waals surface area contributed by atoms with Crippen molar-refractivity contribution in [1.82, 2.24) is 20.5 Å². The average Bonchev–Trinajstić information content (AvgIpc) is 3.21. The Kier molecular flexibility index (Phi) is 7.40. The first-order valence-electron chi connectivity index (χ1n) is 14.7. The van der Waals surface area contributed by atoms with Crippen LogP contribution in [0.1, 0.15) is 73.7 Å². The zero-order valence-corrected chi connectivity index (χ0v) is 23.1. The topological polar surface area (TPSA) is 144 Å². The number of carbonyl (C=O) groups is 4. The molecule has 10 nitrogen and oxygen atoms in total.